The lowest BCUT2D eigenvalue weighted by Crippen LogP contribution is -2.51. The molecule has 0 spiro atoms. The first-order valence-electron chi connectivity index (χ1n) is 8.91. The Morgan fingerprint density at radius 2 is 1.67 bits per heavy atom. The number of carbonyl (C=O) groups is 1. The van der Waals surface area contributed by atoms with E-state index in [0.717, 1.165) is 16.4 Å². The number of para-hydroxylation sites is 1. The van der Waals surface area contributed by atoms with Gasteiger partial charge in [0.2, 0.25) is 10.0 Å². The van der Waals surface area contributed by atoms with Crippen LogP contribution in [0.3, 0.4) is 0 Å². The van der Waals surface area contributed by atoms with Gasteiger partial charge < -0.3 is 9.64 Å². The first-order chi connectivity index (χ1) is 14.1. The molecule has 0 N–H and O–H groups in total. The Hall–Kier alpha value is -2.30. The molecule has 1 saturated heterocycles. The van der Waals surface area contributed by atoms with Crippen molar-refractivity contribution in [3.05, 3.63) is 59.1 Å². The maximum absolute atomic E-state index is 13.0. The molecule has 162 valence electrons. The Morgan fingerprint density at radius 3 is 2.27 bits per heavy atom. The van der Waals surface area contributed by atoms with Crippen molar-refractivity contribution < 1.29 is 31.1 Å². The molecule has 6 nitrogen and oxygen atoms in total. The van der Waals surface area contributed by atoms with E-state index in [1.165, 1.54) is 4.90 Å². The zero-order valence-corrected chi connectivity index (χ0v) is 17.2. The average molecular weight is 463 g/mol. The van der Waals surface area contributed by atoms with E-state index < -0.39 is 26.7 Å². The summed E-state index contributed by atoms with van der Waals surface area (Å²) >= 11 is 5.87. The van der Waals surface area contributed by atoms with Crippen molar-refractivity contribution in [1.29, 1.82) is 0 Å². The quantitative estimate of drug-likeness (QED) is 0.684. The van der Waals surface area contributed by atoms with Crippen LogP contribution in [0.4, 0.5) is 13.2 Å². The molecule has 0 atom stereocenters. The molecule has 1 heterocycles. The first kappa shape index (κ1) is 22.4. The molecule has 0 saturated carbocycles. The van der Waals surface area contributed by atoms with Crippen LogP contribution in [0.2, 0.25) is 5.02 Å². The van der Waals surface area contributed by atoms with Crippen molar-refractivity contribution in [3.63, 3.8) is 0 Å². The summed E-state index contributed by atoms with van der Waals surface area (Å²) in [5, 5.41) is -0.294. The van der Waals surface area contributed by atoms with E-state index in [2.05, 4.69) is 0 Å². The number of nitrogens with zero attached hydrogens (tertiary/aromatic N) is 2. The SMILES string of the molecule is O=C(COc1ccccc1)N1CCN(S(=O)(=O)c2cc(C(F)(F)F)ccc2Cl)CC1. The van der Waals surface area contributed by atoms with E-state index >= 15 is 0 Å². The molecule has 0 unspecified atom stereocenters. The maximum atomic E-state index is 13.0. The van der Waals surface area contributed by atoms with Crippen LogP contribution in [0.5, 0.6) is 5.75 Å². The average Bonchev–Trinajstić information content (AvgIpc) is 2.72. The Bertz CT molecular complexity index is 1010. The summed E-state index contributed by atoms with van der Waals surface area (Å²) in [7, 11) is -4.25. The molecule has 2 aromatic rings. The van der Waals surface area contributed by atoms with Crippen LogP contribution < -0.4 is 4.74 Å². The van der Waals surface area contributed by atoms with Gasteiger partial charge in [-0.25, -0.2) is 8.42 Å². The van der Waals surface area contributed by atoms with Gasteiger partial charge in [-0.3, -0.25) is 4.79 Å². The minimum absolute atomic E-state index is 0.0635. The Kier molecular flexibility index (Phi) is 6.59. The number of hydrogen-bond donors (Lipinski definition) is 0. The summed E-state index contributed by atoms with van der Waals surface area (Å²) in [6.07, 6.45) is -4.70. The van der Waals surface area contributed by atoms with Gasteiger partial charge in [0.05, 0.1) is 10.6 Å². The molecule has 0 aliphatic carbocycles. The van der Waals surface area contributed by atoms with Crippen molar-refractivity contribution in [2.24, 2.45) is 0 Å². The zero-order chi connectivity index (χ0) is 21.9. The van der Waals surface area contributed by atoms with Gasteiger partial charge in [0.15, 0.2) is 6.61 Å². The second kappa shape index (κ2) is 8.83. The van der Waals surface area contributed by atoms with Crippen LogP contribution in [0, 0.1) is 0 Å². The minimum Gasteiger partial charge on any atom is -0.484 e. The standard InChI is InChI=1S/C19H18ClF3N2O4S/c20-16-7-6-14(19(21,22)23)12-17(16)30(27,28)25-10-8-24(9-11-25)18(26)13-29-15-4-2-1-3-5-15/h1-7,12H,8-11,13H2. The summed E-state index contributed by atoms with van der Waals surface area (Å²) in [5.74, 6) is 0.222. The summed E-state index contributed by atoms with van der Waals surface area (Å²) in [6, 6.07) is 10.9. The molecular formula is C19H18ClF3N2O4S. The predicted octanol–water partition coefficient (Wildman–Crippen LogP) is 3.27. The molecule has 2 aromatic carbocycles. The zero-order valence-electron chi connectivity index (χ0n) is 15.6. The topological polar surface area (TPSA) is 66.9 Å². The lowest BCUT2D eigenvalue weighted by atomic mass is 10.2. The summed E-state index contributed by atoms with van der Waals surface area (Å²) in [5.41, 5.74) is -1.10. The van der Waals surface area contributed by atoms with Crippen molar-refractivity contribution >= 4 is 27.5 Å². The number of amides is 1. The summed E-state index contributed by atoms with van der Waals surface area (Å²) in [6.45, 7) is -0.145. The molecule has 0 aromatic heterocycles. The molecule has 3 rings (SSSR count). The first-order valence-corrected chi connectivity index (χ1v) is 10.7. The fourth-order valence-electron chi connectivity index (χ4n) is 2.95. The second-order valence-electron chi connectivity index (χ2n) is 6.53. The normalized spacial score (nSPS) is 15.8. The molecule has 0 bridgehead atoms. The predicted molar refractivity (Wildman–Crippen MR) is 104 cm³/mol. The maximum Gasteiger partial charge on any atom is 0.416 e. The third kappa shape index (κ3) is 5.05. The summed E-state index contributed by atoms with van der Waals surface area (Å²) < 4.78 is 70.9. The van der Waals surface area contributed by atoms with Gasteiger partial charge >= 0.3 is 6.18 Å². The minimum atomic E-state index is -4.70. The van der Waals surface area contributed by atoms with Crippen LogP contribution >= 0.6 is 11.6 Å². The molecular weight excluding hydrogens is 445 g/mol. The highest BCUT2D eigenvalue weighted by molar-refractivity contribution is 7.89. The van der Waals surface area contributed by atoms with Crippen LogP contribution in [-0.2, 0) is 21.0 Å². The number of carbonyl (C=O) groups excluding carboxylic acids is 1. The highest BCUT2D eigenvalue weighted by Crippen LogP contribution is 2.34. The van der Waals surface area contributed by atoms with Gasteiger partial charge in [-0.2, -0.15) is 17.5 Å². The van der Waals surface area contributed by atoms with Crippen LogP contribution in [-0.4, -0.2) is 56.3 Å². The monoisotopic (exact) mass is 462 g/mol. The third-order valence-corrected chi connectivity index (χ3v) is 6.95. The van der Waals surface area contributed by atoms with Gasteiger partial charge in [-0.15, -0.1) is 0 Å². The van der Waals surface area contributed by atoms with Crippen LogP contribution in [0.15, 0.2) is 53.4 Å². The number of ether oxygens (including phenoxy) is 1. The van der Waals surface area contributed by atoms with E-state index in [-0.39, 0.29) is 43.7 Å². The number of hydrogen-bond acceptors (Lipinski definition) is 4. The highest BCUT2D eigenvalue weighted by Gasteiger charge is 2.35. The Balaban J connectivity index is 1.65. The summed E-state index contributed by atoms with van der Waals surface area (Å²) in [4.78, 5) is 13.1. The molecule has 1 amide bonds. The molecule has 1 fully saturated rings. The van der Waals surface area contributed by atoms with Crippen LogP contribution in [0.1, 0.15) is 5.56 Å². The Labute approximate surface area is 176 Å². The van der Waals surface area contributed by atoms with Crippen molar-refractivity contribution in [2.45, 2.75) is 11.1 Å². The van der Waals surface area contributed by atoms with Gasteiger partial charge in [0.25, 0.3) is 5.91 Å². The number of piperazine rings is 1. The molecule has 1 aliphatic rings. The van der Waals surface area contributed by atoms with Gasteiger partial charge in [0, 0.05) is 26.2 Å². The number of halogens is 4. The van der Waals surface area contributed by atoms with Crippen molar-refractivity contribution in [1.82, 2.24) is 9.21 Å². The van der Waals surface area contributed by atoms with E-state index in [9.17, 15) is 26.4 Å². The largest absolute Gasteiger partial charge is 0.484 e. The van der Waals surface area contributed by atoms with Crippen molar-refractivity contribution in [3.8, 4) is 5.75 Å². The molecule has 1 aliphatic heterocycles. The van der Waals surface area contributed by atoms with Crippen molar-refractivity contribution in [2.75, 3.05) is 32.8 Å². The number of benzene rings is 2. The second-order valence-corrected chi connectivity index (χ2v) is 8.84. The van der Waals surface area contributed by atoms with E-state index in [4.69, 9.17) is 16.3 Å². The van der Waals surface area contributed by atoms with E-state index in [1.807, 2.05) is 6.07 Å². The fourth-order valence-corrected chi connectivity index (χ4v) is 4.87. The Morgan fingerprint density at radius 1 is 1.03 bits per heavy atom. The lowest BCUT2D eigenvalue weighted by molar-refractivity contribution is -0.138. The van der Waals surface area contributed by atoms with Gasteiger partial charge in [0.1, 0.15) is 10.6 Å². The lowest BCUT2D eigenvalue weighted by Gasteiger charge is -2.34. The number of sulfonamides is 1. The van der Waals surface area contributed by atoms with Gasteiger partial charge in [-0.1, -0.05) is 29.8 Å². The number of alkyl halides is 3. The smallest absolute Gasteiger partial charge is 0.416 e. The highest BCUT2D eigenvalue weighted by atomic mass is 35.5. The van der Waals surface area contributed by atoms with Crippen LogP contribution in [0.25, 0.3) is 0 Å². The molecule has 30 heavy (non-hydrogen) atoms. The molecule has 11 heteroatoms. The van der Waals surface area contributed by atoms with E-state index in [1.54, 1.807) is 24.3 Å². The fraction of sp³-hybridized carbons (Fsp3) is 0.316. The molecule has 0 radical (unpaired) electrons. The van der Waals surface area contributed by atoms with E-state index in [0.29, 0.717) is 11.8 Å². The van der Waals surface area contributed by atoms with Gasteiger partial charge in [-0.05, 0) is 30.3 Å². The third-order valence-electron chi connectivity index (χ3n) is 4.57. The number of rotatable bonds is 5.